The minimum atomic E-state index is -1.14. The molecule has 1 aromatic rings. The summed E-state index contributed by atoms with van der Waals surface area (Å²) in [4.78, 5) is 22.6. The van der Waals surface area contributed by atoms with Crippen molar-refractivity contribution >= 4 is 29.3 Å². The Labute approximate surface area is 114 Å². The molecule has 0 spiro atoms. The monoisotopic (exact) mass is 288 g/mol. The average Bonchev–Trinajstić information content (AvgIpc) is 2.30. The van der Waals surface area contributed by atoms with Gasteiger partial charge < -0.3 is 15.7 Å². The number of carboxylic acid groups (broad SMARTS) is 1. The lowest BCUT2D eigenvalue weighted by atomic mass is 10.1. The normalized spacial score (nSPS) is 12.1. The van der Waals surface area contributed by atoms with E-state index in [-0.39, 0.29) is 16.6 Å². The molecule has 5 nitrogen and oxygen atoms in total. The van der Waals surface area contributed by atoms with Crippen LogP contribution in [0.1, 0.15) is 13.8 Å². The number of benzene rings is 1. The molecule has 1 aromatic carbocycles. The first-order chi connectivity index (χ1) is 8.81. The van der Waals surface area contributed by atoms with Gasteiger partial charge >= 0.3 is 12.0 Å². The summed E-state index contributed by atoms with van der Waals surface area (Å²) in [7, 11) is 0. The minimum Gasteiger partial charge on any atom is -0.480 e. The third-order valence-corrected chi connectivity index (χ3v) is 2.73. The second-order valence-electron chi connectivity index (χ2n) is 4.28. The van der Waals surface area contributed by atoms with Gasteiger partial charge in [-0.2, -0.15) is 0 Å². The van der Waals surface area contributed by atoms with Crippen molar-refractivity contribution in [1.82, 2.24) is 5.32 Å². The highest BCUT2D eigenvalue weighted by atomic mass is 35.5. The van der Waals surface area contributed by atoms with Crippen LogP contribution in [-0.4, -0.2) is 23.1 Å². The molecule has 0 aliphatic rings. The first-order valence-electron chi connectivity index (χ1n) is 5.56. The summed E-state index contributed by atoms with van der Waals surface area (Å²) in [5.41, 5.74) is 0.0760. The highest BCUT2D eigenvalue weighted by Crippen LogP contribution is 2.22. The molecule has 0 saturated carbocycles. The topological polar surface area (TPSA) is 78.4 Å². The number of carbonyl (C=O) groups is 2. The Balaban J connectivity index is 2.74. The predicted octanol–water partition coefficient (Wildman–Crippen LogP) is 2.71. The first kappa shape index (κ1) is 15.2. The molecule has 0 aliphatic carbocycles. The Morgan fingerprint density at radius 1 is 1.37 bits per heavy atom. The third kappa shape index (κ3) is 4.40. The maximum absolute atomic E-state index is 13.0. The second-order valence-corrected chi connectivity index (χ2v) is 4.69. The van der Waals surface area contributed by atoms with Gasteiger partial charge in [-0.3, -0.25) is 0 Å². The largest absolute Gasteiger partial charge is 0.480 e. The molecule has 19 heavy (non-hydrogen) atoms. The Bertz CT molecular complexity index is 494. The molecule has 2 amide bonds. The summed E-state index contributed by atoms with van der Waals surface area (Å²) < 4.78 is 13.0. The van der Waals surface area contributed by atoms with Crippen molar-refractivity contribution in [3.05, 3.63) is 29.0 Å². The van der Waals surface area contributed by atoms with E-state index in [9.17, 15) is 14.0 Å². The third-order valence-electron chi connectivity index (χ3n) is 2.40. The van der Waals surface area contributed by atoms with Gasteiger partial charge in [0.15, 0.2) is 0 Å². The highest BCUT2D eigenvalue weighted by Gasteiger charge is 2.23. The lowest BCUT2D eigenvalue weighted by Crippen LogP contribution is -2.46. The van der Waals surface area contributed by atoms with Gasteiger partial charge in [-0.15, -0.1) is 0 Å². The zero-order valence-electron chi connectivity index (χ0n) is 10.4. The fourth-order valence-electron chi connectivity index (χ4n) is 1.41. The number of amides is 2. The van der Waals surface area contributed by atoms with Crippen molar-refractivity contribution in [2.45, 2.75) is 19.9 Å². The van der Waals surface area contributed by atoms with E-state index in [0.29, 0.717) is 0 Å². The number of urea groups is 1. The molecule has 0 saturated heterocycles. The maximum atomic E-state index is 13.0. The molecule has 0 aromatic heterocycles. The van der Waals surface area contributed by atoms with Crippen LogP contribution >= 0.6 is 11.6 Å². The predicted molar refractivity (Wildman–Crippen MR) is 69.8 cm³/mol. The summed E-state index contributed by atoms with van der Waals surface area (Å²) in [6, 6.07) is 1.71. The van der Waals surface area contributed by atoms with E-state index in [2.05, 4.69) is 10.6 Å². The molecule has 0 heterocycles. The van der Waals surface area contributed by atoms with Gasteiger partial charge in [0.2, 0.25) is 0 Å². The molecule has 1 rings (SSSR count). The van der Waals surface area contributed by atoms with Crippen LogP contribution in [0.4, 0.5) is 14.9 Å². The van der Waals surface area contributed by atoms with Gasteiger partial charge in [-0.05, 0) is 24.1 Å². The van der Waals surface area contributed by atoms with Crippen LogP contribution in [0.3, 0.4) is 0 Å². The number of anilines is 1. The number of hydrogen-bond donors (Lipinski definition) is 3. The molecule has 0 fully saturated rings. The SMILES string of the molecule is CC(C)C(NC(=O)Nc1cc(F)ccc1Cl)C(=O)O. The zero-order chi connectivity index (χ0) is 14.6. The standard InChI is InChI=1S/C12H14ClFN2O3/c1-6(2)10(11(17)18)16-12(19)15-9-5-7(14)3-4-8(9)13/h3-6,10H,1-2H3,(H,17,18)(H2,15,16,19). The molecular formula is C12H14ClFN2O3. The Morgan fingerprint density at radius 3 is 2.53 bits per heavy atom. The zero-order valence-corrected chi connectivity index (χ0v) is 11.2. The van der Waals surface area contributed by atoms with Gasteiger partial charge in [0.1, 0.15) is 11.9 Å². The number of nitrogens with one attached hydrogen (secondary N) is 2. The van der Waals surface area contributed by atoms with Crippen molar-refractivity contribution in [2.75, 3.05) is 5.32 Å². The molecule has 0 radical (unpaired) electrons. The highest BCUT2D eigenvalue weighted by molar-refractivity contribution is 6.33. The minimum absolute atomic E-state index is 0.0760. The van der Waals surface area contributed by atoms with Gasteiger partial charge in [-0.25, -0.2) is 14.0 Å². The van der Waals surface area contributed by atoms with Gasteiger partial charge in [0.05, 0.1) is 10.7 Å². The van der Waals surface area contributed by atoms with E-state index in [1.54, 1.807) is 13.8 Å². The summed E-state index contributed by atoms with van der Waals surface area (Å²) in [6.07, 6.45) is 0. The van der Waals surface area contributed by atoms with E-state index in [1.165, 1.54) is 6.07 Å². The molecule has 7 heteroatoms. The fraction of sp³-hybridized carbons (Fsp3) is 0.333. The van der Waals surface area contributed by atoms with Gasteiger partial charge in [0.25, 0.3) is 0 Å². The number of hydrogen-bond acceptors (Lipinski definition) is 2. The molecular weight excluding hydrogens is 275 g/mol. The maximum Gasteiger partial charge on any atom is 0.326 e. The summed E-state index contributed by atoms with van der Waals surface area (Å²) >= 11 is 5.78. The van der Waals surface area contributed by atoms with Crippen molar-refractivity contribution < 1.29 is 19.1 Å². The Kier molecular flexibility index (Phi) is 5.11. The van der Waals surface area contributed by atoms with Crippen LogP contribution in [0.25, 0.3) is 0 Å². The summed E-state index contributed by atoms with van der Waals surface area (Å²) in [5.74, 6) is -1.99. The van der Waals surface area contributed by atoms with E-state index < -0.39 is 23.9 Å². The fourth-order valence-corrected chi connectivity index (χ4v) is 1.57. The van der Waals surface area contributed by atoms with E-state index >= 15 is 0 Å². The first-order valence-corrected chi connectivity index (χ1v) is 5.94. The number of rotatable bonds is 4. The average molecular weight is 289 g/mol. The van der Waals surface area contributed by atoms with Crippen LogP contribution in [0.2, 0.25) is 5.02 Å². The van der Waals surface area contributed by atoms with Crippen molar-refractivity contribution in [3.63, 3.8) is 0 Å². The molecule has 0 bridgehead atoms. The lowest BCUT2D eigenvalue weighted by Gasteiger charge is -2.18. The van der Waals surface area contributed by atoms with Gasteiger partial charge in [-0.1, -0.05) is 25.4 Å². The molecule has 1 atom stereocenters. The van der Waals surface area contributed by atoms with Crippen molar-refractivity contribution in [3.8, 4) is 0 Å². The van der Waals surface area contributed by atoms with Crippen molar-refractivity contribution in [1.29, 1.82) is 0 Å². The van der Waals surface area contributed by atoms with Crippen LogP contribution < -0.4 is 10.6 Å². The van der Waals surface area contributed by atoms with Gasteiger partial charge in [0, 0.05) is 0 Å². The Hall–Kier alpha value is -1.82. The number of halogens is 2. The lowest BCUT2D eigenvalue weighted by molar-refractivity contribution is -0.140. The molecule has 3 N–H and O–H groups in total. The van der Waals surface area contributed by atoms with Crippen LogP contribution in [-0.2, 0) is 4.79 Å². The molecule has 104 valence electrons. The summed E-state index contributed by atoms with van der Waals surface area (Å²) in [6.45, 7) is 3.32. The van der Waals surface area contributed by atoms with Crippen LogP contribution in [0.15, 0.2) is 18.2 Å². The quantitative estimate of drug-likeness (QED) is 0.797. The number of carbonyl (C=O) groups excluding carboxylic acids is 1. The number of aliphatic carboxylic acids is 1. The molecule has 1 unspecified atom stereocenters. The molecule has 0 aliphatic heterocycles. The number of carboxylic acids is 1. The van der Waals surface area contributed by atoms with Crippen molar-refractivity contribution in [2.24, 2.45) is 5.92 Å². The summed E-state index contributed by atoms with van der Waals surface area (Å²) in [5, 5.41) is 13.7. The second kappa shape index (κ2) is 6.38. The van der Waals surface area contributed by atoms with E-state index in [0.717, 1.165) is 12.1 Å². The van der Waals surface area contributed by atoms with Crippen LogP contribution in [0.5, 0.6) is 0 Å². The van der Waals surface area contributed by atoms with E-state index in [4.69, 9.17) is 16.7 Å². The van der Waals surface area contributed by atoms with E-state index in [1.807, 2.05) is 0 Å². The smallest absolute Gasteiger partial charge is 0.326 e. The Morgan fingerprint density at radius 2 is 2.00 bits per heavy atom. The van der Waals surface area contributed by atoms with Crippen LogP contribution in [0, 0.1) is 11.7 Å².